The van der Waals surface area contributed by atoms with Crippen molar-refractivity contribution < 1.29 is 19.4 Å². The van der Waals surface area contributed by atoms with Gasteiger partial charge in [0.1, 0.15) is 18.0 Å². The predicted molar refractivity (Wildman–Crippen MR) is 135 cm³/mol. The molecule has 33 heavy (non-hydrogen) atoms. The van der Waals surface area contributed by atoms with Crippen LogP contribution in [0.4, 0.5) is 4.79 Å². The van der Waals surface area contributed by atoms with Crippen LogP contribution in [0.3, 0.4) is 0 Å². The summed E-state index contributed by atoms with van der Waals surface area (Å²) in [5.41, 5.74) is 1.78. The summed E-state index contributed by atoms with van der Waals surface area (Å²) in [7, 11) is 1.00. The SMILES string of the molecule is CC(C)CNCCC(Cc1ccc(OCc2ccccc2)cc1)NC(=O)OC(C)(C)C.CO. The molecule has 184 valence electrons. The molecule has 0 radical (unpaired) electrons. The van der Waals surface area contributed by atoms with Crippen molar-refractivity contribution in [3.05, 3.63) is 65.7 Å². The maximum absolute atomic E-state index is 12.3. The number of carbonyl (C=O) groups excluding carboxylic acids is 1. The molecular weight excluding hydrogens is 416 g/mol. The van der Waals surface area contributed by atoms with Gasteiger partial charge in [-0.05, 0) is 75.9 Å². The van der Waals surface area contributed by atoms with Gasteiger partial charge in [-0.2, -0.15) is 0 Å². The minimum Gasteiger partial charge on any atom is -0.489 e. The summed E-state index contributed by atoms with van der Waals surface area (Å²) < 4.78 is 11.3. The standard InChI is InChI=1S/C26H38N2O3.CH4O/c1-20(2)18-27-16-15-23(28-25(29)31-26(3,4)5)17-21-11-13-24(14-12-21)30-19-22-9-7-6-8-10-22;1-2/h6-14,20,23,27H,15-19H2,1-5H3,(H,28,29);2H,1H3. The molecule has 2 rings (SSSR count). The molecule has 6 nitrogen and oxygen atoms in total. The van der Waals surface area contributed by atoms with E-state index in [2.05, 4.69) is 48.7 Å². The second-order valence-corrected chi connectivity index (χ2v) is 9.35. The average molecular weight is 459 g/mol. The lowest BCUT2D eigenvalue weighted by Gasteiger charge is -2.24. The fraction of sp³-hybridized carbons (Fsp3) is 0.519. The number of nitrogens with one attached hydrogen (secondary N) is 2. The van der Waals surface area contributed by atoms with Crippen molar-refractivity contribution in [3.8, 4) is 5.75 Å². The van der Waals surface area contributed by atoms with E-state index >= 15 is 0 Å². The highest BCUT2D eigenvalue weighted by molar-refractivity contribution is 5.68. The van der Waals surface area contributed by atoms with Crippen molar-refractivity contribution in [1.29, 1.82) is 0 Å². The van der Waals surface area contributed by atoms with Gasteiger partial charge in [0.25, 0.3) is 0 Å². The number of benzene rings is 2. The Bertz CT molecular complexity index is 771. The Morgan fingerprint density at radius 1 is 0.970 bits per heavy atom. The van der Waals surface area contributed by atoms with E-state index in [1.54, 1.807) is 0 Å². The molecule has 3 N–H and O–H groups in total. The minimum absolute atomic E-state index is 0.00870. The monoisotopic (exact) mass is 458 g/mol. The second-order valence-electron chi connectivity index (χ2n) is 9.35. The molecule has 0 saturated heterocycles. The molecular formula is C27H42N2O4. The van der Waals surface area contributed by atoms with Crippen LogP contribution in [0.5, 0.6) is 5.75 Å². The first kappa shape index (κ1) is 28.5. The van der Waals surface area contributed by atoms with Crippen molar-refractivity contribution in [2.24, 2.45) is 5.92 Å². The Balaban J connectivity index is 0.00000265. The number of alkyl carbamates (subject to hydrolysis) is 1. The molecule has 0 aliphatic rings. The maximum Gasteiger partial charge on any atom is 0.407 e. The number of hydrogen-bond donors (Lipinski definition) is 3. The van der Waals surface area contributed by atoms with Crippen LogP contribution in [0.25, 0.3) is 0 Å². The molecule has 1 unspecified atom stereocenters. The highest BCUT2D eigenvalue weighted by Gasteiger charge is 2.19. The first-order valence-corrected chi connectivity index (χ1v) is 11.6. The first-order chi connectivity index (χ1) is 15.7. The van der Waals surface area contributed by atoms with Gasteiger partial charge in [0.15, 0.2) is 0 Å². The highest BCUT2D eigenvalue weighted by Crippen LogP contribution is 2.16. The third-order valence-corrected chi connectivity index (χ3v) is 4.60. The summed E-state index contributed by atoms with van der Waals surface area (Å²) in [6, 6.07) is 18.2. The zero-order chi connectivity index (χ0) is 24.7. The average Bonchev–Trinajstić information content (AvgIpc) is 2.77. The predicted octanol–water partition coefficient (Wildman–Crippen LogP) is 4.95. The molecule has 0 heterocycles. The molecule has 1 atom stereocenters. The molecule has 0 bridgehead atoms. The van der Waals surface area contributed by atoms with Gasteiger partial charge in [-0.3, -0.25) is 0 Å². The fourth-order valence-corrected chi connectivity index (χ4v) is 3.11. The zero-order valence-corrected chi connectivity index (χ0v) is 21.1. The maximum atomic E-state index is 12.3. The molecule has 1 amide bonds. The van der Waals surface area contributed by atoms with Crippen molar-refractivity contribution in [2.45, 2.75) is 65.7 Å². The van der Waals surface area contributed by atoms with Crippen LogP contribution in [0.15, 0.2) is 54.6 Å². The third-order valence-electron chi connectivity index (χ3n) is 4.60. The van der Waals surface area contributed by atoms with E-state index < -0.39 is 5.60 Å². The lowest BCUT2D eigenvalue weighted by molar-refractivity contribution is 0.0501. The van der Waals surface area contributed by atoms with E-state index in [0.717, 1.165) is 49.9 Å². The molecule has 2 aromatic rings. The van der Waals surface area contributed by atoms with Crippen LogP contribution in [0.1, 0.15) is 52.2 Å². The van der Waals surface area contributed by atoms with Crippen LogP contribution in [-0.4, -0.2) is 43.0 Å². The van der Waals surface area contributed by atoms with Gasteiger partial charge in [0, 0.05) is 13.2 Å². The minimum atomic E-state index is -0.512. The number of amides is 1. The largest absolute Gasteiger partial charge is 0.489 e. The number of rotatable bonds is 11. The van der Waals surface area contributed by atoms with Crippen LogP contribution >= 0.6 is 0 Å². The molecule has 2 aromatic carbocycles. The van der Waals surface area contributed by atoms with Gasteiger partial charge < -0.3 is 25.2 Å². The summed E-state index contributed by atoms with van der Waals surface area (Å²) in [5, 5.41) is 13.5. The van der Waals surface area contributed by atoms with Crippen LogP contribution < -0.4 is 15.4 Å². The van der Waals surface area contributed by atoms with Crippen LogP contribution in [0, 0.1) is 5.92 Å². The van der Waals surface area contributed by atoms with Crippen LogP contribution in [0.2, 0.25) is 0 Å². The second kappa shape index (κ2) is 15.3. The van der Waals surface area contributed by atoms with Gasteiger partial charge >= 0.3 is 6.09 Å². The fourth-order valence-electron chi connectivity index (χ4n) is 3.11. The Morgan fingerprint density at radius 3 is 2.18 bits per heavy atom. The molecule has 0 aliphatic carbocycles. The number of carbonyl (C=O) groups is 1. The zero-order valence-electron chi connectivity index (χ0n) is 21.1. The molecule has 0 spiro atoms. The number of hydrogen-bond acceptors (Lipinski definition) is 5. The summed E-state index contributed by atoms with van der Waals surface area (Å²) >= 11 is 0. The lowest BCUT2D eigenvalue weighted by Crippen LogP contribution is -2.41. The topological polar surface area (TPSA) is 79.8 Å². The third kappa shape index (κ3) is 13.5. The van der Waals surface area contributed by atoms with Gasteiger partial charge in [-0.15, -0.1) is 0 Å². The van der Waals surface area contributed by atoms with E-state index in [1.807, 2.05) is 51.1 Å². The Hall–Kier alpha value is -2.57. The normalized spacial score (nSPS) is 11.9. The van der Waals surface area contributed by atoms with E-state index in [9.17, 15) is 4.79 Å². The van der Waals surface area contributed by atoms with E-state index in [0.29, 0.717) is 12.5 Å². The first-order valence-electron chi connectivity index (χ1n) is 11.6. The Labute approximate surface area is 199 Å². The molecule has 0 fully saturated rings. The van der Waals surface area contributed by atoms with Gasteiger partial charge in [-0.25, -0.2) is 4.79 Å². The van der Waals surface area contributed by atoms with Gasteiger partial charge in [-0.1, -0.05) is 56.3 Å². The summed E-state index contributed by atoms with van der Waals surface area (Å²) in [5.74, 6) is 1.43. The highest BCUT2D eigenvalue weighted by atomic mass is 16.6. The quantitative estimate of drug-likeness (QED) is 0.416. The smallest absolute Gasteiger partial charge is 0.407 e. The summed E-state index contributed by atoms with van der Waals surface area (Å²) in [4.78, 5) is 12.3. The lowest BCUT2D eigenvalue weighted by atomic mass is 10.0. The van der Waals surface area contributed by atoms with Gasteiger partial charge in [0.05, 0.1) is 0 Å². The number of aliphatic hydroxyl groups is 1. The summed E-state index contributed by atoms with van der Waals surface area (Å²) in [6.07, 6.45) is 1.20. The Morgan fingerprint density at radius 2 is 1.61 bits per heavy atom. The molecule has 6 heteroatoms. The van der Waals surface area contributed by atoms with Gasteiger partial charge in [0.2, 0.25) is 0 Å². The van der Waals surface area contributed by atoms with Crippen molar-refractivity contribution in [1.82, 2.24) is 10.6 Å². The van der Waals surface area contributed by atoms with E-state index in [4.69, 9.17) is 14.6 Å². The molecule has 0 aliphatic heterocycles. The van der Waals surface area contributed by atoms with E-state index in [-0.39, 0.29) is 12.1 Å². The van der Waals surface area contributed by atoms with E-state index in [1.165, 1.54) is 0 Å². The number of ether oxygens (including phenoxy) is 2. The molecule has 0 saturated carbocycles. The molecule has 0 aromatic heterocycles. The van der Waals surface area contributed by atoms with Crippen molar-refractivity contribution in [2.75, 3.05) is 20.2 Å². The summed E-state index contributed by atoms with van der Waals surface area (Å²) in [6.45, 7) is 12.4. The van der Waals surface area contributed by atoms with Crippen molar-refractivity contribution >= 4 is 6.09 Å². The van der Waals surface area contributed by atoms with Crippen LogP contribution in [-0.2, 0) is 17.8 Å². The Kier molecular flexibility index (Phi) is 13.2. The number of aliphatic hydroxyl groups excluding tert-OH is 1. The van der Waals surface area contributed by atoms with Crippen molar-refractivity contribution in [3.63, 3.8) is 0 Å².